The Labute approximate surface area is 157 Å². The van der Waals surface area contributed by atoms with Crippen LogP contribution in [0, 0.1) is 22.7 Å². The van der Waals surface area contributed by atoms with E-state index in [9.17, 15) is 14.9 Å². The number of rotatable bonds is 4. The SMILES string of the molecule is N#C[C@@]1(C2CC2)CCN(c2ccnc(NC(=O)Nc3ccccc3)c2)C1=O. The Morgan fingerprint density at radius 1 is 1.22 bits per heavy atom. The van der Waals surface area contributed by atoms with Gasteiger partial charge < -0.3 is 10.2 Å². The minimum atomic E-state index is -0.887. The van der Waals surface area contributed by atoms with Gasteiger partial charge in [0.2, 0.25) is 5.91 Å². The Morgan fingerprint density at radius 2 is 2.00 bits per heavy atom. The van der Waals surface area contributed by atoms with Gasteiger partial charge in [0, 0.05) is 30.2 Å². The van der Waals surface area contributed by atoms with Crippen molar-refractivity contribution in [1.29, 1.82) is 5.26 Å². The Bertz CT molecular complexity index is 919. The molecule has 2 aromatic rings. The lowest BCUT2D eigenvalue weighted by atomic mass is 9.83. The Kier molecular flexibility index (Phi) is 4.24. The van der Waals surface area contributed by atoms with Gasteiger partial charge in [-0.2, -0.15) is 5.26 Å². The van der Waals surface area contributed by atoms with Crippen LogP contribution >= 0.6 is 0 Å². The highest BCUT2D eigenvalue weighted by molar-refractivity contribution is 6.03. The van der Waals surface area contributed by atoms with E-state index in [1.165, 1.54) is 0 Å². The third-order valence-electron chi connectivity index (χ3n) is 5.16. The highest BCUT2D eigenvalue weighted by atomic mass is 16.2. The van der Waals surface area contributed by atoms with E-state index < -0.39 is 11.4 Å². The first-order valence-corrected chi connectivity index (χ1v) is 8.95. The van der Waals surface area contributed by atoms with Gasteiger partial charge in [0.15, 0.2) is 0 Å². The van der Waals surface area contributed by atoms with Crippen LogP contribution in [0.1, 0.15) is 19.3 Å². The quantitative estimate of drug-likeness (QED) is 0.872. The molecule has 7 nitrogen and oxygen atoms in total. The van der Waals surface area contributed by atoms with E-state index in [4.69, 9.17) is 0 Å². The molecule has 1 aromatic heterocycles. The number of nitrogens with one attached hydrogen (secondary N) is 2. The molecule has 1 aliphatic carbocycles. The number of anilines is 3. The monoisotopic (exact) mass is 361 g/mol. The number of para-hydroxylation sites is 1. The van der Waals surface area contributed by atoms with Crippen LogP contribution in [0.25, 0.3) is 0 Å². The summed E-state index contributed by atoms with van der Waals surface area (Å²) in [6.07, 6.45) is 3.97. The highest BCUT2D eigenvalue weighted by Crippen LogP contribution is 2.51. The van der Waals surface area contributed by atoms with Crippen molar-refractivity contribution in [3.8, 4) is 6.07 Å². The first-order valence-electron chi connectivity index (χ1n) is 8.95. The zero-order chi connectivity index (χ0) is 18.9. The molecular weight excluding hydrogens is 342 g/mol. The molecule has 2 heterocycles. The molecule has 27 heavy (non-hydrogen) atoms. The topological polar surface area (TPSA) is 98.1 Å². The number of urea groups is 1. The molecule has 1 saturated heterocycles. The van der Waals surface area contributed by atoms with E-state index in [0.29, 0.717) is 30.2 Å². The molecule has 0 spiro atoms. The van der Waals surface area contributed by atoms with Crippen molar-refractivity contribution < 1.29 is 9.59 Å². The number of pyridine rings is 1. The fourth-order valence-corrected chi connectivity index (χ4v) is 3.59. The lowest BCUT2D eigenvalue weighted by Crippen LogP contribution is -2.35. The second-order valence-corrected chi connectivity index (χ2v) is 6.91. The molecule has 2 N–H and O–H groups in total. The summed E-state index contributed by atoms with van der Waals surface area (Å²) in [5.41, 5.74) is 0.425. The van der Waals surface area contributed by atoms with Crippen molar-refractivity contribution in [1.82, 2.24) is 4.98 Å². The minimum absolute atomic E-state index is 0.140. The molecule has 1 saturated carbocycles. The summed E-state index contributed by atoms with van der Waals surface area (Å²) in [7, 11) is 0. The summed E-state index contributed by atoms with van der Waals surface area (Å²) in [5, 5.41) is 15.0. The van der Waals surface area contributed by atoms with Crippen molar-refractivity contribution >= 4 is 29.1 Å². The number of aromatic nitrogens is 1. The standard InChI is InChI=1S/C20H19N5O2/c21-13-20(14-6-7-14)9-11-25(18(20)26)16-8-10-22-17(12-16)24-19(27)23-15-4-2-1-3-5-15/h1-5,8,10,12,14H,6-7,9,11H2,(H2,22,23,24,27)/t20-/m1/s1. The molecule has 1 atom stereocenters. The van der Waals surface area contributed by atoms with Crippen molar-refractivity contribution in [3.05, 3.63) is 48.7 Å². The smallest absolute Gasteiger partial charge is 0.311 e. The number of nitriles is 1. The third kappa shape index (κ3) is 3.22. The predicted molar refractivity (Wildman–Crippen MR) is 101 cm³/mol. The average Bonchev–Trinajstić information content (AvgIpc) is 3.47. The summed E-state index contributed by atoms with van der Waals surface area (Å²) >= 11 is 0. The Hall–Kier alpha value is -3.40. The van der Waals surface area contributed by atoms with Crippen molar-refractivity contribution in [3.63, 3.8) is 0 Å². The van der Waals surface area contributed by atoms with Gasteiger partial charge in [0.1, 0.15) is 11.2 Å². The zero-order valence-electron chi connectivity index (χ0n) is 14.7. The summed E-state index contributed by atoms with van der Waals surface area (Å²) in [4.78, 5) is 30.8. The predicted octanol–water partition coefficient (Wildman–Crippen LogP) is 3.38. The molecule has 4 rings (SSSR count). The van der Waals surface area contributed by atoms with Crippen LogP contribution in [0.15, 0.2) is 48.7 Å². The number of carbonyl (C=O) groups is 2. The number of hydrogen-bond acceptors (Lipinski definition) is 4. The van der Waals surface area contributed by atoms with Crippen molar-refractivity contribution in [2.75, 3.05) is 22.1 Å². The van der Waals surface area contributed by atoms with Crippen LogP contribution < -0.4 is 15.5 Å². The first kappa shape index (κ1) is 17.0. The van der Waals surface area contributed by atoms with Gasteiger partial charge in [0.05, 0.1) is 6.07 Å². The number of benzene rings is 1. The van der Waals surface area contributed by atoms with E-state index in [1.807, 2.05) is 18.2 Å². The maximum absolute atomic E-state index is 12.9. The van der Waals surface area contributed by atoms with Gasteiger partial charge in [-0.25, -0.2) is 9.78 Å². The second-order valence-electron chi connectivity index (χ2n) is 6.91. The molecule has 1 aromatic carbocycles. The lowest BCUT2D eigenvalue weighted by Gasteiger charge is -2.21. The van der Waals surface area contributed by atoms with Crippen LogP contribution in [0.5, 0.6) is 0 Å². The molecule has 2 aliphatic rings. The first-order chi connectivity index (χ1) is 13.1. The van der Waals surface area contributed by atoms with Gasteiger partial charge in [-0.15, -0.1) is 0 Å². The van der Waals surface area contributed by atoms with E-state index >= 15 is 0 Å². The molecule has 3 amide bonds. The molecule has 2 fully saturated rings. The fraction of sp³-hybridized carbons (Fsp3) is 0.300. The molecule has 7 heteroatoms. The van der Waals surface area contributed by atoms with Gasteiger partial charge in [-0.1, -0.05) is 18.2 Å². The number of carbonyl (C=O) groups excluding carboxylic acids is 2. The van der Waals surface area contributed by atoms with Crippen LogP contribution in [0.2, 0.25) is 0 Å². The molecule has 1 aliphatic heterocycles. The Balaban J connectivity index is 1.47. The molecule has 0 bridgehead atoms. The largest absolute Gasteiger partial charge is 0.324 e. The summed E-state index contributed by atoms with van der Waals surface area (Å²) in [6.45, 7) is 0.503. The number of nitrogens with zero attached hydrogens (tertiary/aromatic N) is 3. The normalized spacial score (nSPS) is 21.6. The van der Waals surface area contributed by atoms with Crippen molar-refractivity contribution in [2.45, 2.75) is 19.3 Å². The van der Waals surface area contributed by atoms with Crippen LogP contribution in [-0.2, 0) is 4.79 Å². The van der Waals surface area contributed by atoms with Crippen LogP contribution in [-0.4, -0.2) is 23.5 Å². The molecule has 0 radical (unpaired) electrons. The van der Waals surface area contributed by atoms with E-state index in [0.717, 1.165) is 12.8 Å². The number of hydrogen-bond donors (Lipinski definition) is 2. The maximum Gasteiger partial charge on any atom is 0.324 e. The van der Waals surface area contributed by atoms with Crippen molar-refractivity contribution in [2.24, 2.45) is 11.3 Å². The van der Waals surface area contributed by atoms with Gasteiger partial charge >= 0.3 is 6.03 Å². The Morgan fingerprint density at radius 3 is 2.70 bits per heavy atom. The van der Waals surface area contributed by atoms with Crippen LogP contribution in [0.4, 0.5) is 22.0 Å². The van der Waals surface area contributed by atoms with E-state index in [2.05, 4.69) is 21.7 Å². The molecule has 0 unspecified atom stereocenters. The van der Waals surface area contributed by atoms with Crippen LogP contribution in [0.3, 0.4) is 0 Å². The minimum Gasteiger partial charge on any atom is -0.311 e. The third-order valence-corrected chi connectivity index (χ3v) is 5.16. The van der Waals surface area contributed by atoms with E-state index in [-0.39, 0.29) is 11.8 Å². The summed E-state index contributed by atoms with van der Waals surface area (Å²) in [5.74, 6) is 0.379. The zero-order valence-corrected chi connectivity index (χ0v) is 14.7. The molecule has 136 valence electrons. The highest BCUT2D eigenvalue weighted by Gasteiger charge is 2.56. The second kappa shape index (κ2) is 6.72. The number of amides is 3. The summed E-state index contributed by atoms with van der Waals surface area (Å²) < 4.78 is 0. The van der Waals surface area contributed by atoms with Gasteiger partial charge in [-0.05, 0) is 43.4 Å². The molecular formula is C20H19N5O2. The average molecular weight is 361 g/mol. The fourth-order valence-electron chi connectivity index (χ4n) is 3.59. The van der Waals surface area contributed by atoms with Gasteiger partial charge in [0.25, 0.3) is 0 Å². The maximum atomic E-state index is 12.9. The van der Waals surface area contributed by atoms with E-state index in [1.54, 1.807) is 35.4 Å². The lowest BCUT2D eigenvalue weighted by molar-refractivity contribution is -0.123. The van der Waals surface area contributed by atoms with Gasteiger partial charge in [-0.3, -0.25) is 10.1 Å². The summed E-state index contributed by atoms with van der Waals surface area (Å²) in [6, 6.07) is 14.3.